The molecule has 0 saturated carbocycles. The molecule has 2 N–H and O–H groups in total. The van der Waals surface area contributed by atoms with Crippen LogP contribution in [0.15, 0.2) is 28.2 Å². The lowest BCUT2D eigenvalue weighted by Gasteiger charge is -2.21. The number of aromatic nitrogens is 1. The van der Waals surface area contributed by atoms with Gasteiger partial charge in [0.05, 0.1) is 12.1 Å². The zero-order chi connectivity index (χ0) is 14.0. The number of pyridine rings is 1. The maximum absolute atomic E-state index is 5.81. The summed E-state index contributed by atoms with van der Waals surface area (Å²) in [6.45, 7) is 2.78. The Morgan fingerprint density at radius 3 is 2.89 bits per heavy atom. The Morgan fingerprint density at radius 1 is 1.58 bits per heavy atom. The summed E-state index contributed by atoms with van der Waals surface area (Å²) >= 11 is 10.3. The largest absolute Gasteiger partial charge is 0.389 e. The molecule has 0 fully saturated rings. The third-order valence-corrected chi connectivity index (χ3v) is 4.65. The average Bonchev–Trinajstić information content (AvgIpc) is 2.73. The highest BCUT2D eigenvalue weighted by Crippen LogP contribution is 2.25. The van der Waals surface area contributed by atoms with Gasteiger partial charge in [0.1, 0.15) is 10.8 Å². The Balaban J connectivity index is 2.31. The smallest absolute Gasteiger partial charge is 0.139 e. The molecule has 2 aromatic heterocycles. The lowest BCUT2D eigenvalue weighted by molar-refractivity contribution is 0.908. The zero-order valence-corrected chi connectivity index (χ0v) is 13.9. The first-order valence-electron chi connectivity index (χ1n) is 5.68. The lowest BCUT2D eigenvalue weighted by Crippen LogP contribution is -2.23. The number of halogens is 1. The van der Waals surface area contributed by atoms with Crippen LogP contribution in [0.2, 0.25) is 0 Å². The fraction of sp³-hybridized carbons (Fsp3) is 0.231. The monoisotopic (exact) mass is 355 g/mol. The van der Waals surface area contributed by atoms with Gasteiger partial charge in [-0.25, -0.2) is 4.98 Å². The molecular formula is C13H14BrN3S2. The first-order chi connectivity index (χ1) is 8.99. The molecule has 6 heteroatoms. The first kappa shape index (κ1) is 14.4. The van der Waals surface area contributed by atoms with E-state index in [9.17, 15) is 0 Å². The van der Waals surface area contributed by atoms with Crippen molar-refractivity contribution in [3.63, 3.8) is 0 Å². The van der Waals surface area contributed by atoms with Gasteiger partial charge in [-0.05, 0) is 40.5 Å². The fourth-order valence-electron chi connectivity index (χ4n) is 1.88. The van der Waals surface area contributed by atoms with Crippen LogP contribution in [0.25, 0.3) is 0 Å². The molecule has 0 aliphatic rings. The van der Waals surface area contributed by atoms with Gasteiger partial charge in [-0.15, -0.1) is 11.3 Å². The Kier molecular flexibility index (Phi) is 4.54. The van der Waals surface area contributed by atoms with E-state index in [-0.39, 0.29) is 0 Å². The van der Waals surface area contributed by atoms with E-state index >= 15 is 0 Å². The minimum atomic E-state index is 0.389. The van der Waals surface area contributed by atoms with Gasteiger partial charge in [0.15, 0.2) is 0 Å². The molecule has 0 radical (unpaired) electrons. The Bertz CT molecular complexity index is 610. The Labute approximate surface area is 130 Å². The molecule has 0 spiro atoms. The maximum atomic E-state index is 5.81. The van der Waals surface area contributed by atoms with Crippen LogP contribution in [0.1, 0.15) is 16.0 Å². The van der Waals surface area contributed by atoms with Crippen LogP contribution in [-0.2, 0) is 6.54 Å². The molecule has 0 aromatic carbocycles. The van der Waals surface area contributed by atoms with E-state index in [0.29, 0.717) is 4.99 Å². The van der Waals surface area contributed by atoms with Crippen LogP contribution >= 0.6 is 39.5 Å². The van der Waals surface area contributed by atoms with Gasteiger partial charge in [0.25, 0.3) is 0 Å². The molecule has 2 aromatic rings. The molecule has 2 rings (SSSR count). The highest BCUT2D eigenvalue weighted by molar-refractivity contribution is 9.10. The molecule has 0 amide bonds. The van der Waals surface area contributed by atoms with Crippen molar-refractivity contribution in [2.75, 3.05) is 11.9 Å². The van der Waals surface area contributed by atoms with Crippen molar-refractivity contribution in [1.82, 2.24) is 4.98 Å². The maximum Gasteiger partial charge on any atom is 0.139 e. The molecular weight excluding hydrogens is 342 g/mol. The van der Waals surface area contributed by atoms with Gasteiger partial charge in [-0.3, -0.25) is 0 Å². The summed E-state index contributed by atoms with van der Waals surface area (Å²) in [5.41, 5.74) is 7.72. The molecule has 2 heterocycles. The molecule has 0 aliphatic heterocycles. The number of aryl methyl sites for hydroxylation is 1. The summed E-state index contributed by atoms with van der Waals surface area (Å²) in [6, 6.07) is 4.03. The number of nitrogens with zero attached hydrogens (tertiary/aromatic N) is 2. The van der Waals surface area contributed by atoms with Crippen molar-refractivity contribution >= 4 is 50.3 Å². The predicted molar refractivity (Wildman–Crippen MR) is 89.0 cm³/mol. The molecule has 0 aliphatic carbocycles. The van der Waals surface area contributed by atoms with Crippen molar-refractivity contribution in [3.8, 4) is 0 Å². The number of thiophene rings is 1. The van der Waals surface area contributed by atoms with Crippen LogP contribution < -0.4 is 10.6 Å². The van der Waals surface area contributed by atoms with Gasteiger partial charge in [-0.2, -0.15) is 0 Å². The molecule has 0 bridgehead atoms. The van der Waals surface area contributed by atoms with E-state index in [1.165, 1.54) is 4.88 Å². The van der Waals surface area contributed by atoms with Crippen molar-refractivity contribution in [1.29, 1.82) is 0 Å². The summed E-state index contributed by atoms with van der Waals surface area (Å²) < 4.78 is 1.10. The highest BCUT2D eigenvalue weighted by atomic mass is 79.9. The van der Waals surface area contributed by atoms with Crippen LogP contribution in [0, 0.1) is 6.92 Å². The Hall–Kier alpha value is -0.980. The molecule has 100 valence electrons. The van der Waals surface area contributed by atoms with Gasteiger partial charge < -0.3 is 10.6 Å². The third-order valence-electron chi connectivity index (χ3n) is 2.76. The van der Waals surface area contributed by atoms with Crippen LogP contribution in [0.4, 0.5) is 5.82 Å². The number of hydrogen-bond donors (Lipinski definition) is 1. The lowest BCUT2D eigenvalue weighted by atomic mass is 10.1. The van der Waals surface area contributed by atoms with Gasteiger partial charge >= 0.3 is 0 Å². The SMILES string of the molecule is Cc1ccnc(N(C)Cc2cc(Br)cs2)c1C(N)=S. The van der Waals surface area contributed by atoms with Crippen molar-refractivity contribution in [2.24, 2.45) is 5.73 Å². The number of rotatable bonds is 4. The van der Waals surface area contributed by atoms with Gasteiger partial charge in [0, 0.05) is 28.0 Å². The topological polar surface area (TPSA) is 42.2 Å². The minimum absolute atomic E-state index is 0.389. The van der Waals surface area contributed by atoms with E-state index in [2.05, 4.69) is 37.3 Å². The quantitative estimate of drug-likeness (QED) is 0.852. The number of thiocarbonyl (C=S) groups is 1. The second-order valence-corrected chi connectivity index (χ2v) is 6.63. The second kappa shape index (κ2) is 5.98. The summed E-state index contributed by atoms with van der Waals surface area (Å²) in [5, 5.41) is 2.07. The highest BCUT2D eigenvalue weighted by Gasteiger charge is 2.14. The van der Waals surface area contributed by atoms with E-state index in [0.717, 1.165) is 28.0 Å². The van der Waals surface area contributed by atoms with Crippen LogP contribution in [0.3, 0.4) is 0 Å². The summed E-state index contributed by atoms with van der Waals surface area (Å²) in [7, 11) is 2.00. The zero-order valence-electron chi connectivity index (χ0n) is 10.7. The summed E-state index contributed by atoms with van der Waals surface area (Å²) in [6.07, 6.45) is 1.78. The van der Waals surface area contributed by atoms with Gasteiger partial charge in [-0.1, -0.05) is 12.2 Å². The van der Waals surface area contributed by atoms with Crippen molar-refractivity contribution < 1.29 is 0 Å². The first-order valence-corrected chi connectivity index (χ1v) is 7.76. The number of hydrogen-bond acceptors (Lipinski definition) is 4. The van der Waals surface area contributed by atoms with Gasteiger partial charge in [0.2, 0.25) is 0 Å². The molecule has 3 nitrogen and oxygen atoms in total. The number of nitrogens with two attached hydrogens (primary N) is 1. The normalized spacial score (nSPS) is 10.5. The third kappa shape index (κ3) is 3.32. The molecule has 0 atom stereocenters. The molecule has 0 saturated heterocycles. The minimum Gasteiger partial charge on any atom is -0.389 e. The Morgan fingerprint density at radius 2 is 2.32 bits per heavy atom. The van der Waals surface area contributed by atoms with Crippen molar-refractivity contribution in [3.05, 3.63) is 44.2 Å². The standard InChI is InChI=1S/C13H14BrN3S2/c1-8-3-4-16-13(11(8)12(15)18)17(2)6-10-5-9(14)7-19-10/h3-5,7H,6H2,1-2H3,(H2,15,18). The van der Waals surface area contributed by atoms with Crippen molar-refractivity contribution in [2.45, 2.75) is 13.5 Å². The van der Waals surface area contributed by atoms with Crippen LogP contribution in [-0.4, -0.2) is 17.0 Å². The summed E-state index contributed by atoms with van der Waals surface area (Å²) in [5.74, 6) is 0.831. The molecule has 0 unspecified atom stereocenters. The number of anilines is 1. The predicted octanol–water partition coefficient (Wildman–Crippen LogP) is 3.48. The van der Waals surface area contributed by atoms with Crippen LogP contribution in [0.5, 0.6) is 0 Å². The van der Waals surface area contributed by atoms with E-state index < -0.39 is 0 Å². The average molecular weight is 356 g/mol. The molecule has 19 heavy (non-hydrogen) atoms. The summed E-state index contributed by atoms with van der Waals surface area (Å²) in [4.78, 5) is 8.13. The fourth-order valence-corrected chi connectivity index (χ4v) is 3.64. The van der Waals surface area contributed by atoms with E-state index in [1.807, 2.05) is 20.0 Å². The second-order valence-electron chi connectivity index (χ2n) is 4.28. The van der Waals surface area contributed by atoms with E-state index in [4.69, 9.17) is 18.0 Å². The van der Waals surface area contributed by atoms with E-state index in [1.54, 1.807) is 17.5 Å².